The van der Waals surface area contributed by atoms with Crippen LogP contribution in [0.25, 0.3) is 0 Å². The molecule has 23 heavy (non-hydrogen) atoms. The summed E-state index contributed by atoms with van der Waals surface area (Å²) in [7, 11) is 0. The number of nitrogens with zero attached hydrogens (tertiary/aromatic N) is 2. The van der Waals surface area contributed by atoms with Gasteiger partial charge in [0.25, 0.3) is 11.8 Å². The van der Waals surface area contributed by atoms with Crippen LogP contribution in [0.4, 0.5) is 9.59 Å². The Balaban J connectivity index is 1.65. The summed E-state index contributed by atoms with van der Waals surface area (Å²) in [4.78, 5) is 51.8. The van der Waals surface area contributed by atoms with Gasteiger partial charge in [-0.3, -0.25) is 14.4 Å². The second kappa shape index (κ2) is 6.43. The van der Waals surface area contributed by atoms with Gasteiger partial charge in [-0.05, 0) is 20.8 Å². The van der Waals surface area contributed by atoms with E-state index in [0.717, 1.165) is 0 Å². The Kier molecular flexibility index (Phi) is 4.76. The van der Waals surface area contributed by atoms with E-state index in [9.17, 15) is 19.2 Å². The standard InChI is InChI=1S/C14H20N2O7/c1-14(2,3)22-12(19)15-6-9(7-15)8-21-13(20)23-16-10(17)4-5-11(16)18/h9H,4-8H2,1-3H3. The lowest BCUT2D eigenvalue weighted by atomic mass is 10.0. The third-order valence-electron chi connectivity index (χ3n) is 3.22. The van der Waals surface area contributed by atoms with Gasteiger partial charge in [0, 0.05) is 31.8 Å². The second-order valence-electron chi connectivity index (χ2n) is 6.49. The van der Waals surface area contributed by atoms with Gasteiger partial charge in [0.1, 0.15) is 12.2 Å². The number of carbonyl (C=O) groups excluding carboxylic acids is 4. The minimum atomic E-state index is -1.11. The Morgan fingerprint density at radius 3 is 2.22 bits per heavy atom. The molecule has 9 nitrogen and oxygen atoms in total. The van der Waals surface area contributed by atoms with Crippen LogP contribution in [0.15, 0.2) is 0 Å². The molecule has 2 aliphatic heterocycles. The van der Waals surface area contributed by atoms with Gasteiger partial charge in [-0.2, -0.15) is 0 Å². The largest absolute Gasteiger partial charge is 0.533 e. The first-order valence-electron chi connectivity index (χ1n) is 7.34. The summed E-state index contributed by atoms with van der Waals surface area (Å²) in [5, 5.41) is 0.427. The molecule has 0 radical (unpaired) electrons. The Labute approximate surface area is 133 Å². The zero-order chi connectivity index (χ0) is 17.2. The predicted molar refractivity (Wildman–Crippen MR) is 74.8 cm³/mol. The molecule has 2 rings (SSSR count). The van der Waals surface area contributed by atoms with E-state index in [-0.39, 0.29) is 25.4 Å². The lowest BCUT2D eigenvalue weighted by molar-refractivity contribution is -0.177. The first kappa shape index (κ1) is 17.0. The number of hydrogen-bond donors (Lipinski definition) is 0. The van der Waals surface area contributed by atoms with Gasteiger partial charge in [0.15, 0.2) is 0 Å². The van der Waals surface area contributed by atoms with Crippen LogP contribution >= 0.6 is 0 Å². The van der Waals surface area contributed by atoms with Crippen LogP contribution in [-0.2, 0) is 23.9 Å². The van der Waals surface area contributed by atoms with Crippen LogP contribution in [0, 0.1) is 5.92 Å². The summed E-state index contributed by atoms with van der Waals surface area (Å²) < 4.78 is 10.0. The highest BCUT2D eigenvalue weighted by Gasteiger charge is 2.36. The molecule has 0 saturated carbocycles. The topological polar surface area (TPSA) is 102 Å². The second-order valence-corrected chi connectivity index (χ2v) is 6.49. The maximum absolute atomic E-state index is 11.7. The van der Waals surface area contributed by atoms with Crippen molar-refractivity contribution in [1.29, 1.82) is 0 Å². The molecule has 2 saturated heterocycles. The normalized spacial score (nSPS) is 18.7. The van der Waals surface area contributed by atoms with E-state index in [0.29, 0.717) is 18.2 Å². The van der Waals surface area contributed by atoms with Crippen molar-refractivity contribution in [3.05, 3.63) is 0 Å². The maximum atomic E-state index is 11.7. The minimum Gasteiger partial charge on any atom is -0.444 e. The first-order chi connectivity index (χ1) is 10.7. The molecule has 0 unspecified atom stereocenters. The molecule has 2 fully saturated rings. The number of hydroxylamine groups is 2. The van der Waals surface area contributed by atoms with Gasteiger partial charge in [-0.1, -0.05) is 5.06 Å². The number of hydrogen-bond acceptors (Lipinski definition) is 7. The minimum absolute atomic E-state index is 0.0274. The molecule has 3 amide bonds. The highest BCUT2D eigenvalue weighted by atomic mass is 16.8. The number of imide groups is 1. The average molecular weight is 328 g/mol. The fraction of sp³-hybridized carbons (Fsp3) is 0.714. The highest BCUT2D eigenvalue weighted by Crippen LogP contribution is 2.20. The van der Waals surface area contributed by atoms with Gasteiger partial charge in [0.05, 0.1) is 0 Å². The molecule has 0 aromatic carbocycles. The van der Waals surface area contributed by atoms with E-state index in [1.54, 1.807) is 20.8 Å². The summed E-state index contributed by atoms with van der Waals surface area (Å²) in [5.41, 5.74) is -0.558. The van der Waals surface area contributed by atoms with Crippen molar-refractivity contribution in [2.75, 3.05) is 19.7 Å². The summed E-state index contributed by atoms with van der Waals surface area (Å²) in [6.45, 7) is 6.19. The highest BCUT2D eigenvalue weighted by molar-refractivity contribution is 6.01. The van der Waals surface area contributed by atoms with Gasteiger partial charge < -0.3 is 14.4 Å². The van der Waals surface area contributed by atoms with Gasteiger partial charge in [0.2, 0.25) is 0 Å². The lowest BCUT2D eigenvalue weighted by Crippen LogP contribution is -2.53. The average Bonchev–Trinajstić information content (AvgIpc) is 2.66. The smallest absolute Gasteiger partial charge is 0.444 e. The van der Waals surface area contributed by atoms with Crippen LogP contribution in [-0.4, -0.2) is 59.3 Å². The fourth-order valence-electron chi connectivity index (χ4n) is 2.10. The number of likely N-dealkylation sites (tertiary alicyclic amines) is 1. The molecule has 0 aromatic heterocycles. The maximum Gasteiger partial charge on any atom is 0.533 e. The van der Waals surface area contributed by atoms with Crippen molar-refractivity contribution in [2.45, 2.75) is 39.2 Å². The van der Waals surface area contributed by atoms with Crippen molar-refractivity contribution in [1.82, 2.24) is 9.96 Å². The van der Waals surface area contributed by atoms with Gasteiger partial charge >= 0.3 is 12.2 Å². The summed E-state index contributed by atoms with van der Waals surface area (Å²) in [5.74, 6) is -1.15. The van der Waals surface area contributed by atoms with Crippen molar-refractivity contribution in [3.8, 4) is 0 Å². The van der Waals surface area contributed by atoms with E-state index in [4.69, 9.17) is 9.47 Å². The van der Waals surface area contributed by atoms with Crippen molar-refractivity contribution >= 4 is 24.1 Å². The van der Waals surface area contributed by atoms with E-state index < -0.39 is 29.7 Å². The molecule has 0 atom stereocenters. The Hall–Kier alpha value is -2.32. The van der Waals surface area contributed by atoms with Crippen LogP contribution in [0.1, 0.15) is 33.6 Å². The SMILES string of the molecule is CC(C)(C)OC(=O)N1CC(COC(=O)ON2C(=O)CCC2=O)C1. The van der Waals surface area contributed by atoms with E-state index in [2.05, 4.69) is 4.84 Å². The van der Waals surface area contributed by atoms with Crippen LogP contribution in [0.3, 0.4) is 0 Å². The zero-order valence-corrected chi connectivity index (χ0v) is 13.4. The van der Waals surface area contributed by atoms with Crippen molar-refractivity contribution in [2.24, 2.45) is 5.92 Å². The molecule has 9 heteroatoms. The van der Waals surface area contributed by atoms with Crippen molar-refractivity contribution in [3.63, 3.8) is 0 Å². The molecule has 0 N–H and O–H groups in total. The third kappa shape index (κ3) is 4.57. The fourth-order valence-corrected chi connectivity index (χ4v) is 2.10. The molecule has 2 aliphatic rings. The number of rotatable bonds is 3. The lowest BCUT2D eigenvalue weighted by Gasteiger charge is -2.39. The third-order valence-corrected chi connectivity index (χ3v) is 3.22. The van der Waals surface area contributed by atoms with Crippen molar-refractivity contribution < 1.29 is 33.5 Å². The summed E-state index contributed by atoms with van der Waals surface area (Å²) in [6.07, 6.45) is -1.46. The molecule has 128 valence electrons. The molecular weight excluding hydrogens is 308 g/mol. The Morgan fingerprint density at radius 1 is 1.13 bits per heavy atom. The summed E-state index contributed by atoms with van der Waals surface area (Å²) in [6, 6.07) is 0. The molecule has 0 aromatic rings. The van der Waals surface area contributed by atoms with E-state index in [1.807, 2.05) is 0 Å². The van der Waals surface area contributed by atoms with E-state index in [1.165, 1.54) is 4.90 Å². The molecule has 0 aliphatic carbocycles. The molecule has 0 spiro atoms. The van der Waals surface area contributed by atoms with Crippen LogP contribution < -0.4 is 0 Å². The zero-order valence-electron chi connectivity index (χ0n) is 13.4. The summed E-state index contributed by atoms with van der Waals surface area (Å²) >= 11 is 0. The molecule has 2 heterocycles. The first-order valence-corrected chi connectivity index (χ1v) is 7.34. The van der Waals surface area contributed by atoms with E-state index >= 15 is 0 Å². The Morgan fingerprint density at radius 2 is 1.70 bits per heavy atom. The van der Waals surface area contributed by atoms with Gasteiger partial charge in [-0.15, -0.1) is 0 Å². The molecule has 0 bridgehead atoms. The number of carbonyl (C=O) groups is 4. The monoisotopic (exact) mass is 328 g/mol. The Bertz CT molecular complexity index is 504. The number of amides is 3. The van der Waals surface area contributed by atoms with Crippen LogP contribution in [0.5, 0.6) is 0 Å². The van der Waals surface area contributed by atoms with Crippen LogP contribution in [0.2, 0.25) is 0 Å². The quantitative estimate of drug-likeness (QED) is 0.564. The van der Waals surface area contributed by atoms with Gasteiger partial charge in [-0.25, -0.2) is 9.59 Å². The predicted octanol–water partition coefficient (Wildman–Crippen LogP) is 1.07. The number of ether oxygens (including phenoxy) is 2. The molecular formula is C14H20N2O7.